The zero-order chi connectivity index (χ0) is 22.5. The third-order valence-electron chi connectivity index (χ3n) is 4.61. The summed E-state index contributed by atoms with van der Waals surface area (Å²) >= 11 is 3.19. The van der Waals surface area contributed by atoms with Gasteiger partial charge >= 0.3 is 0 Å². The summed E-state index contributed by atoms with van der Waals surface area (Å²) < 4.78 is 0.980. The maximum Gasteiger partial charge on any atom is 0.257 e. The Morgan fingerprint density at radius 2 is 1.66 bits per heavy atom. The van der Waals surface area contributed by atoms with E-state index in [-0.39, 0.29) is 11.8 Å². The zero-order valence-corrected chi connectivity index (χ0v) is 19.1. The number of nitrogens with zero attached hydrogens (tertiary/aromatic N) is 2. The summed E-state index contributed by atoms with van der Waals surface area (Å²) in [6, 6.07) is 16.2. The number of para-hydroxylation sites is 1. The van der Waals surface area contributed by atoms with Gasteiger partial charge in [0.15, 0.2) is 4.34 Å². The molecule has 2 aromatic heterocycles. The lowest BCUT2D eigenvalue weighted by Crippen LogP contribution is -2.19. The Bertz CT molecular complexity index is 1250. The number of carbonyl (C=O) groups excluding carboxylic acids is 2. The molecule has 8 heteroatoms. The van der Waals surface area contributed by atoms with E-state index in [2.05, 4.69) is 20.6 Å². The number of hydrogen-bond donors (Lipinski definition) is 2. The maximum absolute atomic E-state index is 13.0. The first-order chi connectivity index (χ1) is 15.5. The number of nitrogens with one attached hydrogen (secondary N) is 2. The Balaban J connectivity index is 1.48. The van der Waals surface area contributed by atoms with Gasteiger partial charge in [0.1, 0.15) is 0 Å². The topological polar surface area (TPSA) is 84.0 Å². The lowest BCUT2D eigenvalue weighted by Gasteiger charge is -2.14. The van der Waals surface area contributed by atoms with Crippen molar-refractivity contribution in [2.24, 2.45) is 0 Å². The lowest BCUT2D eigenvalue weighted by atomic mass is 10.1. The number of rotatable bonds is 6. The van der Waals surface area contributed by atoms with E-state index in [0.29, 0.717) is 22.5 Å². The molecule has 0 atom stereocenters. The second-order valence-electron chi connectivity index (χ2n) is 7.02. The van der Waals surface area contributed by atoms with E-state index in [4.69, 9.17) is 0 Å². The van der Waals surface area contributed by atoms with Gasteiger partial charge in [-0.15, -0.1) is 11.3 Å². The van der Waals surface area contributed by atoms with Gasteiger partial charge in [0, 0.05) is 39.6 Å². The molecule has 6 nitrogen and oxygen atoms in total. The van der Waals surface area contributed by atoms with E-state index in [9.17, 15) is 9.59 Å². The molecule has 0 saturated carbocycles. The van der Waals surface area contributed by atoms with Crippen LogP contribution in [0.25, 0.3) is 0 Å². The van der Waals surface area contributed by atoms with E-state index < -0.39 is 0 Å². The first kappa shape index (κ1) is 21.7. The fraction of sp³-hybridized carbons (Fsp3) is 0.0833. The van der Waals surface area contributed by atoms with Crippen LogP contribution >= 0.6 is 23.1 Å². The fourth-order valence-corrected chi connectivity index (χ4v) is 4.81. The van der Waals surface area contributed by atoms with Gasteiger partial charge in [-0.25, -0.2) is 4.98 Å². The van der Waals surface area contributed by atoms with Gasteiger partial charge in [-0.2, -0.15) is 0 Å². The van der Waals surface area contributed by atoms with E-state index in [1.165, 1.54) is 0 Å². The number of anilines is 2. The summed E-state index contributed by atoms with van der Waals surface area (Å²) in [5, 5.41) is 7.79. The molecule has 0 aliphatic carbocycles. The molecule has 2 amide bonds. The Kier molecular flexibility index (Phi) is 6.63. The molecule has 4 aromatic rings. The smallest absolute Gasteiger partial charge is 0.257 e. The Morgan fingerprint density at radius 3 is 2.34 bits per heavy atom. The van der Waals surface area contributed by atoms with Crippen molar-refractivity contribution in [2.75, 3.05) is 10.6 Å². The van der Waals surface area contributed by atoms with Gasteiger partial charge in [-0.05, 0) is 61.9 Å². The van der Waals surface area contributed by atoms with Crippen LogP contribution in [-0.2, 0) is 0 Å². The molecule has 2 aromatic carbocycles. The number of aromatic nitrogens is 2. The number of amides is 2. The van der Waals surface area contributed by atoms with Crippen molar-refractivity contribution in [3.63, 3.8) is 0 Å². The highest BCUT2D eigenvalue weighted by atomic mass is 32.2. The molecule has 0 fully saturated rings. The van der Waals surface area contributed by atoms with Crippen LogP contribution in [-0.4, -0.2) is 21.8 Å². The zero-order valence-electron chi connectivity index (χ0n) is 17.5. The minimum absolute atomic E-state index is 0.297. The van der Waals surface area contributed by atoms with Crippen LogP contribution in [0.15, 0.2) is 81.6 Å². The van der Waals surface area contributed by atoms with Crippen LogP contribution in [0.4, 0.5) is 11.4 Å². The average Bonchev–Trinajstić information content (AvgIpc) is 3.21. The van der Waals surface area contributed by atoms with Crippen LogP contribution in [0.5, 0.6) is 0 Å². The highest BCUT2D eigenvalue weighted by Crippen LogP contribution is 2.31. The van der Waals surface area contributed by atoms with Crippen molar-refractivity contribution in [3.05, 3.63) is 94.8 Å². The summed E-state index contributed by atoms with van der Waals surface area (Å²) in [7, 11) is 0. The minimum atomic E-state index is -0.297. The Labute approximate surface area is 194 Å². The van der Waals surface area contributed by atoms with Crippen LogP contribution in [0.3, 0.4) is 0 Å². The van der Waals surface area contributed by atoms with Crippen molar-refractivity contribution in [2.45, 2.75) is 23.1 Å². The highest BCUT2D eigenvalue weighted by Gasteiger charge is 2.16. The third kappa shape index (κ3) is 5.22. The van der Waals surface area contributed by atoms with Crippen LogP contribution in [0, 0.1) is 13.8 Å². The lowest BCUT2D eigenvalue weighted by molar-refractivity contribution is 0.102. The molecule has 160 valence electrons. The standard InChI is InChI=1S/C24H20N4O2S2/c1-15-4-3-5-20(21(15)28-22(29)17-10-12-25-13-11-17)23(30)27-18-6-8-19(9-7-18)32-24-26-16(2)14-31-24/h3-14H,1-2H3,(H,27,30)(H,28,29). The molecule has 0 saturated heterocycles. The van der Waals surface area contributed by atoms with Gasteiger partial charge in [-0.1, -0.05) is 23.9 Å². The predicted octanol–water partition coefficient (Wildman–Crippen LogP) is 5.81. The molecular formula is C24H20N4O2S2. The minimum Gasteiger partial charge on any atom is -0.322 e. The molecule has 0 spiro atoms. The number of benzene rings is 2. The van der Waals surface area contributed by atoms with Gasteiger partial charge in [0.05, 0.1) is 11.3 Å². The summed E-state index contributed by atoms with van der Waals surface area (Å²) in [5.41, 5.74) is 3.82. The molecule has 0 bridgehead atoms. The number of thiazole rings is 1. The highest BCUT2D eigenvalue weighted by molar-refractivity contribution is 8.01. The normalized spacial score (nSPS) is 10.6. The van der Waals surface area contributed by atoms with Crippen LogP contribution < -0.4 is 10.6 Å². The molecule has 0 aliphatic rings. The van der Waals surface area contributed by atoms with Crippen molar-refractivity contribution in [1.29, 1.82) is 0 Å². The van der Waals surface area contributed by atoms with E-state index in [0.717, 1.165) is 20.5 Å². The predicted molar refractivity (Wildman–Crippen MR) is 129 cm³/mol. The van der Waals surface area contributed by atoms with Crippen molar-refractivity contribution < 1.29 is 9.59 Å². The average molecular weight is 461 g/mol. The van der Waals surface area contributed by atoms with E-state index in [1.807, 2.05) is 49.6 Å². The monoisotopic (exact) mass is 460 g/mol. The number of hydrogen-bond acceptors (Lipinski definition) is 6. The second-order valence-corrected chi connectivity index (χ2v) is 9.20. The first-order valence-electron chi connectivity index (χ1n) is 9.82. The molecule has 2 N–H and O–H groups in total. The first-order valence-corrected chi connectivity index (χ1v) is 11.5. The molecule has 0 radical (unpaired) electrons. The Hall–Kier alpha value is -3.49. The summed E-state index contributed by atoms with van der Waals surface area (Å²) in [6.45, 7) is 3.82. The second kappa shape index (κ2) is 9.76. The number of carbonyl (C=O) groups is 2. The van der Waals surface area contributed by atoms with Crippen LogP contribution in [0.2, 0.25) is 0 Å². The summed E-state index contributed by atoms with van der Waals surface area (Å²) in [4.78, 5) is 35.0. The summed E-state index contributed by atoms with van der Waals surface area (Å²) in [5.74, 6) is -0.593. The molecule has 0 unspecified atom stereocenters. The van der Waals surface area contributed by atoms with E-state index >= 15 is 0 Å². The van der Waals surface area contributed by atoms with Gasteiger partial charge < -0.3 is 10.6 Å². The molecule has 32 heavy (non-hydrogen) atoms. The fourth-order valence-electron chi connectivity index (χ4n) is 3.00. The largest absolute Gasteiger partial charge is 0.322 e. The van der Waals surface area contributed by atoms with Crippen molar-refractivity contribution in [3.8, 4) is 0 Å². The van der Waals surface area contributed by atoms with Crippen LogP contribution in [0.1, 0.15) is 32.0 Å². The van der Waals surface area contributed by atoms with Gasteiger partial charge in [-0.3, -0.25) is 14.6 Å². The molecule has 4 rings (SSSR count). The molecular weight excluding hydrogens is 440 g/mol. The van der Waals surface area contributed by atoms with E-state index in [1.54, 1.807) is 59.8 Å². The van der Waals surface area contributed by atoms with Gasteiger partial charge in [0.25, 0.3) is 11.8 Å². The SMILES string of the molecule is Cc1csc(Sc2ccc(NC(=O)c3cccc(C)c3NC(=O)c3ccncc3)cc2)n1. The maximum atomic E-state index is 13.0. The quantitative estimate of drug-likeness (QED) is 0.379. The summed E-state index contributed by atoms with van der Waals surface area (Å²) in [6.07, 6.45) is 3.11. The van der Waals surface area contributed by atoms with Gasteiger partial charge in [0.2, 0.25) is 0 Å². The van der Waals surface area contributed by atoms with Crippen molar-refractivity contribution >= 4 is 46.3 Å². The number of pyridine rings is 1. The van der Waals surface area contributed by atoms with Crippen molar-refractivity contribution in [1.82, 2.24) is 9.97 Å². The third-order valence-corrected chi connectivity index (χ3v) is 6.68. The molecule has 2 heterocycles. The number of aryl methyl sites for hydroxylation is 2. The Morgan fingerprint density at radius 1 is 0.906 bits per heavy atom. The molecule has 0 aliphatic heterocycles.